The van der Waals surface area contributed by atoms with E-state index in [1.165, 1.54) is 6.07 Å². The molecule has 12 heteroatoms. The normalized spacial score (nSPS) is 15.7. The van der Waals surface area contributed by atoms with Gasteiger partial charge in [0.2, 0.25) is 16.0 Å². The smallest absolute Gasteiger partial charge is 0.247 e. The van der Waals surface area contributed by atoms with Crippen LogP contribution in [0.2, 0.25) is 0 Å². The van der Waals surface area contributed by atoms with Crippen LogP contribution in [0.5, 0.6) is 0 Å². The second kappa shape index (κ2) is 8.92. The van der Waals surface area contributed by atoms with Crippen molar-refractivity contribution in [2.24, 2.45) is 15.9 Å². The van der Waals surface area contributed by atoms with Crippen LogP contribution in [0.25, 0.3) is 0 Å². The number of aromatic nitrogens is 2. The summed E-state index contributed by atoms with van der Waals surface area (Å²) in [6.07, 6.45) is 3.45. The van der Waals surface area contributed by atoms with Gasteiger partial charge in [0.25, 0.3) is 0 Å². The summed E-state index contributed by atoms with van der Waals surface area (Å²) in [6, 6.07) is 4.97. The number of aliphatic imine (C=N–C) groups is 1. The van der Waals surface area contributed by atoms with Gasteiger partial charge < -0.3 is 15.5 Å². The topological polar surface area (TPSA) is 131 Å². The molecular weight excluding hydrogens is 489 g/mol. The molecule has 0 radical (unpaired) electrons. The van der Waals surface area contributed by atoms with E-state index < -0.39 is 10.0 Å². The largest absolute Gasteiger partial charge is 0.370 e. The van der Waals surface area contributed by atoms with Gasteiger partial charge in [-0.2, -0.15) is 0 Å². The molecule has 9 nitrogen and oxygen atoms in total. The molecule has 142 valence electrons. The fourth-order valence-corrected chi connectivity index (χ4v) is 4.15. The van der Waals surface area contributed by atoms with Crippen LogP contribution in [0.3, 0.4) is 0 Å². The molecule has 1 aliphatic heterocycles. The Kier molecular flexibility index (Phi) is 7.14. The maximum absolute atomic E-state index is 11.3. The molecule has 0 amide bonds. The zero-order chi connectivity index (χ0) is 17.9. The van der Waals surface area contributed by atoms with E-state index in [4.69, 9.17) is 10.9 Å². The average Bonchev–Trinajstić information content (AvgIpc) is 3.10. The van der Waals surface area contributed by atoms with E-state index in [0.717, 1.165) is 42.4 Å². The van der Waals surface area contributed by atoms with Gasteiger partial charge in [-0.05, 0) is 18.2 Å². The molecule has 1 aliphatic rings. The van der Waals surface area contributed by atoms with Gasteiger partial charge in [-0.3, -0.25) is 0 Å². The first-order valence-electron chi connectivity index (χ1n) is 7.62. The van der Waals surface area contributed by atoms with Crippen LogP contribution in [0.1, 0.15) is 4.88 Å². The number of sulfonamides is 1. The van der Waals surface area contributed by atoms with Crippen molar-refractivity contribution in [3.05, 3.63) is 35.5 Å². The van der Waals surface area contributed by atoms with Gasteiger partial charge in [0, 0.05) is 43.4 Å². The second-order valence-corrected chi connectivity index (χ2v) is 8.42. The molecule has 0 aliphatic carbocycles. The molecule has 0 bridgehead atoms. The minimum absolute atomic E-state index is 0. The number of rotatable bonds is 4. The van der Waals surface area contributed by atoms with Gasteiger partial charge in [0.05, 0.1) is 6.54 Å². The fourth-order valence-electron chi connectivity index (χ4n) is 2.45. The first-order valence-corrected chi connectivity index (χ1v) is 9.98. The van der Waals surface area contributed by atoms with Crippen molar-refractivity contribution in [2.45, 2.75) is 10.8 Å². The summed E-state index contributed by atoms with van der Waals surface area (Å²) in [5.74, 6) is 1.16. The average molecular weight is 509 g/mol. The highest BCUT2D eigenvalue weighted by molar-refractivity contribution is 14.0. The highest BCUT2D eigenvalue weighted by Crippen LogP contribution is 2.21. The third-order valence-corrected chi connectivity index (χ3v) is 6.26. The second-order valence-electron chi connectivity index (χ2n) is 5.46. The molecule has 2 aromatic heterocycles. The van der Waals surface area contributed by atoms with Crippen molar-refractivity contribution in [3.63, 3.8) is 0 Å². The van der Waals surface area contributed by atoms with Crippen LogP contribution in [-0.2, 0) is 16.6 Å². The summed E-state index contributed by atoms with van der Waals surface area (Å²) in [6.45, 7) is 3.29. The Morgan fingerprint density at radius 2 is 1.85 bits per heavy atom. The van der Waals surface area contributed by atoms with Crippen LogP contribution in [-0.4, -0.2) is 55.4 Å². The van der Waals surface area contributed by atoms with Crippen molar-refractivity contribution in [1.29, 1.82) is 0 Å². The standard InChI is InChI=1S/C14H19N7O2S2.HI/c15-13(19-10-11-2-3-12(24-11)25(16,22)23)20-6-8-21(9-7-20)14-17-4-1-5-18-14;/h1-5H,6-10H2,(H2,15,19)(H2,16,22,23);1H. The number of thiophene rings is 1. The monoisotopic (exact) mass is 509 g/mol. The molecule has 1 fully saturated rings. The summed E-state index contributed by atoms with van der Waals surface area (Å²) in [5.41, 5.74) is 6.06. The molecule has 0 spiro atoms. The Morgan fingerprint density at radius 3 is 2.42 bits per heavy atom. The molecule has 26 heavy (non-hydrogen) atoms. The number of hydrogen-bond donors (Lipinski definition) is 2. The Labute approximate surface area is 173 Å². The van der Waals surface area contributed by atoms with Crippen molar-refractivity contribution in [1.82, 2.24) is 14.9 Å². The van der Waals surface area contributed by atoms with Crippen molar-refractivity contribution >= 4 is 57.2 Å². The number of guanidine groups is 1. The van der Waals surface area contributed by atoms with E-state index in [0.29, 0.717) is 18.5 Å². The van der Waals surface area contributed by atoms with E-state index in [2.05, 4.69) is 19.9 Å². The van der Waals surface area contributed by atoms with E-state index in [1.807, 2.05) is 4.90 Å². The van der Waals surface area contributed by atoms with Crippen LogP contribution < -0.4 is 15.8 Å². The first kappa shape index (κ1) is 20.8. The summed E-state index contributed by atoms with van der Waals surface area (Å²) >= 11 is 1.11. The Hall–Kier alpha value is -1.51. The summed E-state index contributed by atoms with van der Waals surface area (Å²) in [4.78, 5) is 17.7. The zero-order valence-corrected chi connectivity index (χ0v) is 17.8. The minimum Gasteiger partial charge on any atom is -0.370 e. The Balaban J connectivity index is 0.00000243. The number of halogens is 1. The van der Waals surface area contributed by atoms with E-state index >= 15 is 0 Å². The molecule has 3 heterocycles. The number of nitrogens with zero attached hydrogens (tertiary/aromatic N) is 5. The third-order valence-electron chi connectivity index (χ3n) is 3.75. The lowest BCUT2D eigenvalue weighted by atomic mass is 10.3. The molecule has 0 atom stereocenters. The fraction of sp³-hybridized carbons (Fsp3) is 0.357. The first-order chi connectivity index (χ1) is 11.9. The van der Waals surface area contributed by atoms with E-state index in [9.17, 15) is 8.42 Å². The maximum Gasteiger partial charge on any atom is 0.247 e. The zero-order valence-electron chi connectivity index (χ0n) is 13.9. The van der Waals surface area contributed by atoms with Crippen molar-refractivity contribution in [2.75, 3.05) is 31.1 Å². The van der Waals surface area contributed by atoms with Crippen molar-refractivity contribution in [3.8, 4) is 0 Å². The summed E-state index contributed by atoms with van der Waals surface area (Å²) in [7, 11) is -3.66. The molecule has 0 saturated carbocycles. The van der Waals surface area contributed by atoms with Crippen LogP contribution >= 0.6 is 35.3 Å². The molecule has 4 N–H and O–H groups in total. The molecule has 0 aromatic carbocycles. The molecule has 3 rings (SSSR count). The predicted molar refractivity (Wildman–Crippen MR) is 112 cm³/mol. The Morgan fingerprint density at radius 1 is 1.19 bits per heavy atom. The highest BCUT2D eigenvalue weighted by atomic mass is 127. The number of hydrogen-bond acceptors (Lipinski definition) is 7. The lowest BCUT2D eigenvalue weighted by Crippen LogP contribution is -2.51. The molecular formula is C14H20IN7O2S2. The maximum atomic E-state index is 11.3. The van der Waals surface area contributed by atoms with E-state index in [-0.39, 0.29) is 28.2 Å². The number of anilines is 1. The van der Waals surface area contributed by atoms with E-state index in [1.54, 1.807) is 24.5 Å². The summed E-state index contributed by atoms with van der Waals surface area (Å²) in [5, 5.41) is 5.10. The number of primary sulfonamides is 1. The minimum atomic E-state index is -3.66. The number of nitrogens with two attached hydrogens (primary N) is 2. The van der Waals surface area contributed by atoms with Crippen LogP contribution in [0.4, 0.5) is 5.95 Å². The quantitative estimate of drug-likeness (QED) is 0.348. The van der Waals surface area contributed by atoms with Gasteiger partial charge in [0.15, 0.2) is 5.96 Å². The number of piperazine rings is 1. The van der Waals surface area contributed by atoms with Gasteiger partial charge in [-0.15, -0.1) is 35.3 Å². The lowest BCUT2D eigenvalue weighted by molar-refractivity contribution is 0.378. The molecule has 0 unspecified atom stereocenters. The van der Waals surface area contributed by atoms with Gasteiger partial charge in [0.1, 0.15) is 4.21 Å². The SMILES string of the molecule is I.NC(=NCc1ccc(S(N)(=O)=O)s1)N1CCN(c2ncccn2)CC1. The Bertz CT molecular complexity index is 849. The lowest BCUT2D eigenvalue weighted by Gasteiger charge is -2.35. The third kappa shape index (κ3) is 5.25. The molecule has 1 saturated heterocycles. The predicted octanol–water partition coefficient (Wildman–Crippen LogP) is 0.440. The van der Waals surface area contributed by atoms with Crippen molar-refractivity contribution < 1.29 is 8.42 Å². The molecule has 2 aromatic rings. The highest BCUT2D eigenvalue weighted by Gasteiger charge is 2.20. The van der Waals surface area contributed by atoms with Gasteiger partial charge >= 0.3 is 0 Å². The van der Waals surface area contributed by atoms with Gasteiger partial charge in [-0.1, -0.05) is 0 Å². The van der Waals surface area contributed by atoms with Crippen LogP contribution in [0.15, 0.2) is 39.8 Å². The van der Waals surface area contributed by atoms with Crippen LogP contribution in [0, 0.1) is 0 Å². The van der Waals surface area contributed by atoms with Gasteiger partial charge in [-0.25, -0.2) is 28.5 Å². The summed E-state index contributed by atoms with van der Waals surface area (Å²) < 4.78 is 22.7.